The third-order valence-electron chi connectivity index (χ3n) is 4.49. The monoisotopic (exact) mass is 362 g/mol. The summed E-state index contributed by atoms with van der Waals surface area (Å²) in [5, 5.41) is 3.89. The van der Waals surface area contributed by atoms with E-state index in [4.69, 9.17) is 0 Å². The third kappa shape index (κ3) is 3.80. The molecular formula is C18H20F2N4O2. The minimum atomic E-state index is -0.640. The van der Waals surface area contributed by atoms with Crippen LogP contribution in [0.15, 0.2) is 30.5 Å². The highest BCUT2D eigenvalue weighted by Gasteiger charge is 2.31. The van der Waals surface area contributed by atoms with Crippen LogP contribution in [0.5, 0.6) is 0 Å². The Labute approximate surface area is 150 Å². The number of hydrogen-bond acceptors (Lipinski definition) is 4. The summed E-state index contributed by atoms with van der Waals surface area (Å²) in [4.78, 5) is 28.3. The van der Waals surface area contributed by atoms with Gasteiger partial charge in [0.25, 0.3) is 5.91 Å². The first kappa shape index (κ1) is 18.2. The number of Topliss-reactive ketones (excluding diaryl/α,β-unsaturated/α-hetero) is 1. The highest BCUT2D eigenvalue weighted by molar-refractivity contribution is 5.97. The molecule has 1 unspecified atom stereocenters. The van der Waals surface area contributed by atoms with E-state index in [0.29, 0.717) is 25.2 Å². The first-order chi connectivity index (χ1) is 12.3. The molecule has 8 heteroatoms. The number of benzene rings is 1. The molecule has 0 aliphatic carbocycles. The summed E-state index contributed by atoms with van der Waals surface area (Å²) in [5.41, 5.74) is 0.267. The lowest BCUT2D eigenvalue weighted by Gasteiger charge is -2.39. The molecule has 0 radical (unpaired) electrons. The van der Waals surface area contributed by atoms with E-state index in [9.17, 15) is 18.4 Å². The fraction of sp³-hybridized carbons (Fsp3) is 0.389. The van der Waals surface area contributed by atoms with Crippen LogP contribution in [0.3, 0.4) is 0 Å². The Bertz CT molecular complexity index is 819. The van der Waals surface area contributed by atoms with Crippen LogP contribution in [-0.4, -0.2) is 63.5 Å². The Kier molecular flexibility index (Phi) is 5.13. The van der Waals surface area contributed by atoms with Crippen molar-refractivity contribution in [3.63, 3.8) is 0 Å². The molecule has 1 aromatic carbocycles. The fourth-order valence-corrected chi connectivity index (χ4v) is 3.15. The zero-order valence-corrected chi connectivity index (χ0v) is 14.7. The number of aromatic nitrogens is 2. The molecule has 1 saturated heterocycles. The summed E-state index contributed by atoms with van der Waals surface area (Å²) >= 11 is 0. The quantitative estimate of drug-likeness (QED) is 0.778. The molecule has 138 valence electrons. The predicted molar refractivity (Wildman–Crippen MR) is 90.8 cm³/mol. The first-order valence-electron chi connectivity index (χ1n) is 8.36. The second kappa shape index (κ2) is 7.33. The van der Waals surface area contributed by atoms with E-state index in [2.05, 4.69) is 5.10 Å². The van der Waals surface area contributed by atoms with Crippen LogP contribution in [-0.2, 0) is 7.05 Å². The summed E-state index contributed by atoms with van der Waals surface area (Å²) in [6.45, 7) is 3.42. The van der Waals surface area contributed by atoms with Gasteiger partial charge in [-0.05, 0) is 31.2 Å². The lowest BCUT2D eigenvalue weighted by atomic mass is 10.1. The third-order valence-corrected chi connectivity index (χ3v) is 4.49. The molecule has 1 fully saturated rings. The summed E-state index contributed by atoms with van der Waals surface area (Å²) in [7, 11) is 1.56. The average Bonchev–Trinajstić information content (AvgIpc) is 2.93. The number of carbonyl (C=O) groups excluding carboxylic acids is 2. The molecule has 2 heterocycles. The van der Waals surface area contributed by atoms with Gasteiger partial charge >= 0.3 is 0 Å². The SMILES string of the molecule is CC1CN(CC(=O)c2ccc(F)cc2)CCN1C(=O)c1nn(C)cc1F. The van der Waals surface area contributed by atoms with E-state index >= 15 is 0 Å². The van der Waals surface area contributed by atoms with Crippen molar-refractivity contribution in [2.75, 3.05) is 26.2 Å². The molecule has 6 nitrogen and oxygen atoms in total. The van der Waals surface area contributed by atoms with E-state index in [0.717, 1.165) is 6.20 Å². The molecule has 1 atom stereocenters. The van der Waals surface area contributed by atoms with E-state index in [1.54, 1.807) is 11.9 Å². The van der Waals surface area contributed by atoms with Crippen LogP contribution in [0.4, 0.5) is 8.78 Å². The molecule has 3 rings (SSSR count). The molecule has 0 saturated carbocycles. The number of carbonyl (C=O) groups is 2. The highest BCUT2D eigenvalue weighted by atomic mass is 19.1. The minimum absolute atomic E-state index is 0.104. The average molecular weight is 362 g/mol. The van der Waals surface area contributed by atoms with Crippen LogP contribution in [0, 0.1) is 11.6 Å². The number of nitrogens with zero attached hydrogens (tertiary/aromatic N) is 4. The van der Waals surface area contributed by atoms with E-state index in [-0.39, 0.29) is 29.9 Å². The fourth-order valence-electron chi connectivity index (χ4n) is 3.15. The summed E-state index contributed by atoms with van der Waals surface area (Å²) in [6, 6.07) is 5.26. The Morgan fingerprint density at radius 2 is 1.88 bits per heavy atom. The van der Waals surface area contributed by atoms with Gasteiger partial charge in [0.2, 0.25) is 0 Å². The van der Waals surface area contributed by atoms with Crippen molar-refractivity contribution in [2.24, 2.45) is 7.05 Å². The molecule has 2 aromatic rings. The Morgan fingerprint density at radius 1 is 1.19 bits per heavy atom. The number of hydrogen-bond donors (Lipinski definition) is 0. The van der Waals surface area contributed by atoms with Crippen molar-refractivity contribution in [1.82, 2.24) is 19.6 Å². The van der Waals surface area contributed by atoms with Crippen LogP contribution in [0.2, 0.25) is 0 Å². The Balaban J connectivity index is 1.61. The number of halogens is 2. The summed E-state index contributed by atoms with van der Waals surface area (Å²) in [6.07, 6.45) is 1.16. The standard InChI is InChI=1S/C18H20F2N4O2/c1-12-9-23(11-16(25)13-3-5-14(19)6-4-13)7-8-24(12)18(26)17-15(20)10-22(2)21-17/h3-6,10,12H,7-9,11H2,1-2H3. The summed E-state index contributed by atoms with van der Waals surface area (Å²) < 4.78 is 28.0. The normalized spacial score (nSPS) is 18.2. The van der Waals surface area contributed by atoms with Crippen molar-refractivity contribution >= 4 is 11.7 Å². The van der Waals surface area contributed by atoms with Gasteiger partial charge in [-0.2, -0.15) is 5.10 Å². The molecular weight excluding hydrogens is 342 g/mol. The van der Waals surface area contributed by atoms with Gasteiger partial charge in [0.1, 0.15) is 5.82 Å². The van der Waals surface area contributed by atoms with Gasteiger partial charge in [-0.3, -0.25) is 19.2 Å². The van der Waals surface area contributed by atoms with Gasteiger partial charge in [-0.1, -0.05) is 0 Å². The van der Waals surface area contributed by atoms with Crippen molar-refractivity contribution in [3.05, 3.63) is 53.4 Å². The Hall–Kier alpha value is -2.61. The second-order valence-corrected chi connectivity index (χ2v) is 6.51. The molecule has 1 aliphatic rings. The summed E-state index contributed by atoms with van der Waals surface area (Å²) in [5.74, 6) is -1.57. The van der Waals surface area contributed by atoms with E-state index < -0.39 is 11.7 Å². The van der Waals surface area contributed by atoms with Gasteiger partial charge in [-0.15, -0.1) is 0 Å². The van der Waals surface area contributed by atoms with Crippen molar-refractivity contribution in [1.29, 1.82) is 0 Å². The van der Waals surface area contributed by atoms with Crippen molar-refractivity contribution in [3.8, 4) is 0 Å². The zero-order valence-electron chi connectivity index (χ0n) is 14.7. The topological polar surface area (TPSA) is 58.4 Å². The zero-order chi connectivity index (χ0) is 18.8. The number of piperazine rings is 1. The molecule has 1 amide bonds. The van der Waals surface area contributed by atoms with Crippen molar-refractivity contribution < 1.29 is 18.4 Å². The number of rotatable bonds is 4. The minimum Gasteiger partial charge on any atom is -0.332 e. The largest absolute Gasteiger partial charge is 0.332 e. The lowest BCUT2D eigenvalue weighted by molar-refractivity contribution is 0.0473. The van der Waals surface area contributed by atoms with Gasteiger partial charge in [-0.25, -0.2) is 8.78 Å². The van der Waals surface area contributed by atoms with Crippen LogP contribution >= 0.6 is 0 Å². The van der Waals surface area contributed by atoms with E-state index in [1.807, 2.05) is 11.8 Å². The van der Waals surface area contributed by atoms with E-state index in [1.165, 1.54) is 28.9 Å². The smallest absolute Gasteiger partial charge is 0.277 e. The van der Waals surface area contributed by atoms with Gasteiger partial charge in [0.05, 0.1) is 12.7 Å². The van der Waals surface area contributed by atoms with Gasteiger partial charge in [0.15, 0.2) is 17.3 Å². The van der Waals surface area contributed by atoms with Crippen LogP contribution in [0.1, 0.15) is 27.8 Å². The molecule has 1 aliphatic heterocycles. The van der Waals surface area contributed by atoms with Crippen LogP contribution < -0.4 is 0 Å². The van der Waals surface area contributed by atoms with Gasteiger partial charge < -0.3 is 4.90 Å². The second-order valence-electron chi connectivity index (χ2n) is 6.51. The molecule has 0 N–H and O–H groups in total. The Morgan fingerprint density at radius 3 is 2.46 bits per heavy atom. The van der Waals surface area contributed by atoms with Crippen LogP contribution in [0.25, 0.3) is 0 Å². The molecule has 26 heavy (non-hydrogen) atoms. The van der Waals surface area contributed by atoms with Gasteiger partial charge in [0, 0.05) is 38.3 Å². The number of aryl methyl sites for hydroxylation is 1. The van der Waals surface area contributed by atoms with Crippen molar-refractivity contribution in [2.45, 2.75) is 13.0 Å². The molecule has 0 spiro atoms. The molecule has 1 aromatic heterocycles. The highest BCUT2D eigenvalue weighted by Crippen LogP contribution is 2.16. The first-order valence-corrected chi connectivity index (χ1v) is 8.36. The maximum atomic E-state index is 13.8. The molecule has 0 bridgehead atoms. The predicted octanol–water partition coefficient (Wildman–Crippen LogP) is 1.73. The number of amides is 1. The maximum absolute atomic E-state index is 13.8. The number of ketones is 1. The maximum Gasteiger partial charge on any atom is 0.277 e. The lowest BCUT2D eigenvalue weighted by Crippen LogP contribution is -2.55.